The highest BCUT2D eigenvalue weighted by Gasteiger charge is 2.29. The second kappa shape index (κ2) is 9.52. The van der Waals surface area contributed by atoms with Crippen LogP contribution in [0.3, 0.4) is 0 Å². The summed E-state index contributed by atoms with van der Waals surface area (Å²) in [7, 11) is 0. The minimum Gasteiger partial charge on any atom is -0.383 e. The Morgan fingerprint density at radius 2 is 1.88 bits per heavy atom. The molecule has 0 bridgehead atoms. The van der Waals surface area contributed by atoms with Gasteiger partial charge in [0.05, 0.1) is 27.0 Å². The number of fused-ring (bicyclic) bond motifs is 2. The zero-order valence-electron chi connectivity index (χ0n) is 20.2. The number of hydrogen-bond acceptors (Lipinski definition) is 10. The van der Waals surface area contributed by atoms with Crippen LogP contribution in [0, 0.1) is 10.1 Å². The molecule has 0 saturated carbocycles. The molecule has 14 heteroatoms. The molecule has 3 heterocycles. The maximum Gasteiger partial charge on any atom is 0.280 e. The molecular formula is C26H16N8O5S. The van der Waals surface area contributed by atoms with Gasteiger partial charge in [0.2, 0.25) is 0 Å². The van der Waals surface area contributed by atoms with Crippen molar-refractivity contribution in [3.05, 3.63) is 99.7 Å². The van der Waals surface area contributed by atoms with Gasteiger partial charge in [0, 0.05) is 28.8 Å². The van der Waals surface area contributed by atoms with E-state index in [0.717, 1.165) is 31.7 Å². The van der Waals surface area contributed by atoms with Gasteiger partial charge in [0.1, 0.15) is 16.4 Å². The fraction of sp³-hybridized carbons (Fsp3) is 0. The second-order valence-corrected chi connectivity index (χ2v) is 9.60. The number of para-hydroxylation sites is 1. The molecule has 0 radical (unpaired) electrons. The van der Waals surface area contributed by atoms with Crippen molar-refractivity contribution in [2.45, 2.75) is 0 Å². The molecule has 0 fully saturated rings. The average Bonchev–Trinajstić information content (AvgIpc) is 3.65. The number of aromatic nitrogens is 3. The molecule has 0 atom stereocenters. The number of nitro benzene ring substituents is 1. The van der Waals surface area contributed by atoms with Crippen molar-refractivity contribution in [2.75, 3.05) is 11.1 Å². The first-order valence-electron chi connectivity index (χ1n) is 11.6. The number of non-ortho nitro benzene ring substituents is 1. The lowest BCUT2D eigenvalue weighted by Gasteiger charge is -2.05. The number of nitrogen functional groups attached to an aromatic ring is 1. The number of hydrogen-bond donors (Lipinski definition) is 3. The highest BCUT2D eigenvalue weighted by molar-refractivity contribution is 7.21. The molecule has 5 aromatic rings. The summed E-state index contributed by atoms with van der Waals surface area (Å²) in [4.78, 5) is 53.2. The van der Waals surface area contributed by atoms with E-state index in [-0.39, 0.29) is 33.9 Å². The maximum absolute atomic E-state index is 13.1. The number of anilines is 2. The summed E-state index contributed by atoms with van der Waals surface area (Å²) in [5.74, 6) is -2.27. The summed E-state index contributed by atoms with van der Waals surface area (Å²) in [5.41, 5.74) is 10.1. The first-order chi connectivity index (χ1) is 19.3. The van der Waals surface area contributed by atoms with Crippen molar-refractivity contribution < 1.29 is 19.3 Å². The summed E-state index contributed by atoms with van der Waals surface area (Å²) < 4.78 is 1.94. The quantitative estimate of drug-likeness (QED) is 0.218. The average molecular weight is 553 g/mol. The number of rotatable bonds is 5. The predicted molar refractivity (Wildman–Crippen MR) is 147 cm³/mol. The lowest BCUT2D eigenvalue weighted by molar-refractivity contribution is -0.384. The summed E-state index contributed by atoms with van der Waals surface area (Å²) in [6.45, 7) is 0. The zero-order valence-corrected chi connectivity index (χ0v) is 21.0. The molecule has 40 heavy (non-hydrogen) atoms. The van der Waals surface area contributed by atoms with Gasteiger partial charge in [-0.05, 0) is 30.3 Å². The van der Waals surface area contributed by atoms with Crippen molar-refractivity contribution in [2.24, 2.45) is 5.10 Å². The van der Waals surface area contributed by atoms with E-state index >= 15 is 0 Å². The van der Waals surface area contributed by atoms with Gasteiger partial charge >= 0.3 is 0 Å². The summed E-state index contributed by atoms with van der Waals surface area (Å²) in [6.07, 6.45) is 1.10. The molecule has 4 N–H and O–H groups in total. The van der Waals surface area contributed by atoms with E-state index in [1.165, 1.54) is 29.5 Å². The zero-order chi connectivity index (χ0) is 28.0. The van der Waals surface area contributed by atoms with Crippen molar-refractivity contribution in [1.29, 1.82) is 0 Å². The van der Waals surface area contributed by atoms with Crippen LogP contribution >= 0.6 is 11.3 Å². The largest absolute Gasteiger partial charge is 0.383 e. The van der Waals surface area contributed by atoms with Gasteiger partial charge in [0.15, 0.2) is 5.71 Å². The number of nitrogens with zero attached hydrogens (tertiary/aromatic N) is 5. The topological polar surface area (TPSA) is 188 Å². The SMILES string of the molecule is Nc1c(C(=O)N/N=C2\C(=O)Nc3ccc([N+](=O)[O-])cc32)cnn1C(=O)c1ccc(-c2nc3ccccc3s2)cc1. The van der Waals surface area contributed by atoms with Crippen LogP contribution in [0.1, 0.15) is 26.3 Å². The van der Waals surface area contributed by atoms with E-state index in [1.807, 2.05) is 24.3 Å². The molecule has 0 saturated heterocycles. The van der Waals surface area contributed by atoms with Crippen LogP contribution in [0.25, 0.3) is 20.8 Å². The van der Waals surface area contributed by atoms with Crippen LogP contribution < -0.4 is 16.5 Å². The molecule has 196 valence electrons. The van der Waals surface area contributed by atoms with Gasteiger partial charge in [-0.15, -0.1) is 11.3 Å². The molecular weight excluding hydrogens is 536 g/mol. The predicted octanol–water partition coefficient (Wildman–Crippen LogP) is 3.42. The van der Waals surface area contributed by atoms with E-state index in [1.54, 1.807) is 24.3 Å². The third kappa shape index (κ3) is 4.23. The number of hydrazone groups is 1. The van der Waals surface area contributed by atoms with Crippen LogP contribution in [0.15, 0.2) is 78.0 Å². The number of nitro groups is 1. The van der Waals surface area contributed by atoms with Gasteiger partial charge in [-0.3, -0.25) is 24.5 Å². The lowest BCUT2D eigenvalue weighted by Crippen LogP contribution is -2.24. The summed E-state index contributed by atoms with van der Waals surface area (Å²) in [6, 6.07) is 18.3. The van der Waals surface area contributed by atoms with Gasteiger partial charge in [-0.2, -0.15) is 14.9 Å². The molecule has 1 aliphatic rings. The first kappa shape index (κ1) is 24.6. The highest BCUT2D eigenvalue weighted by Crippen LogP contribution is 2.30. The number of benzene rings is 3. The summed E-state index contributed by atoms with van der Waals surface area (Å²) in [5, 5.41) is 22.2. The van der Waals surface area contributed by atoms with Crippen molar-refractivity contribution >= 4 is 62.2 Å². The first-order valence-corrected chi connectivity index (χ1v) is 12.4. The van der Waals surface area contributed by atoms with Crippen molar-refractivity contribution in [3.63, 3.8) is 0 Å². The Morgan fingerprint density at radius 3 is 2.62 bits per heavy atom. The van der Waals surface area contributed by atoms with Crippen LogP contribution in [0.4, 0.5) is 17.2 Å². The molecule has 1 aliphatic heterocycles. The smallest absolute Gasteiger partial charge is 0.280 e. The fourth-order valence-corrected chi connectivity index (χ4v) is 5.07. The highest BCUT2D eigenvalue weighted by atomic mass is 32.1. The van der Waals surface area contributed by atoms with E-state index in [9.17, 15) is 24.5 Å². The van der Waals surface area contributed by atoms with E-state index < -0.39 is 22.6 Å². The molecule has 2 amide bonds. The van der Waals surface area contributed by atoms with E-state index in [0.29, 0.717) is 5.69 Å². The molecule has 3 aromatic carbocycles. The van der Waals surface area contributed by atoms with Crippen LogP contribution in [0.5, 0.6) is 0 Å². The van der Waals surface area contributed by atoms with Gasteiger partial charge in [-0.1, -0.05) is 24.3 Å². The molecule has 6 rings (SSSR count). The van der Waals surface area contributed by atoms with E-state index in [4.69, 9.17) is 5.73 Å². The van der Waals surface area contributed by atoms with Crippen LogP contribution in [-0.2, 0) is 4.79 Å². The van der Waals surface area contributed by atoms with Crippen LogP contribution in [0.2, 0.25) is 0 Å². The van der Waals surface area contributed by atoms with Crippen molar-refractivity contribution in [3.8, 4) is 10.6 Å². The summed E-state index contributed by atoms with van der Waals surface area (Å²) >= 11 is 1.54. The van der Waals surface area contributed by atoms with Gasteiger partial charge in [0.25, 0.3) is 23.4 Å². The number of nitrogens with two attached hydrogens (primary N) is 1. The minimum atomic E-state index is -0.832. The van der Waals surface area contributed by atoms with Crippen molar-refractivity contribution in [1.82, 2.24) is 20.2 Å². The number of carbonyl (C=O) groups excluding carboxylic acids is 3. The molecule has 0 spiro atoms. The number of amides is 2. The minimum absolute atomic E-state index is 0.151. The monoisotopic (exact) mass is 552 g/mol. The Balaban J connectivity index is 1.20. The Labute approximate surface area is 228 Å². The third-order valence-corrected chi connectivity index (χ3v) is 7.20. The molecule has 0 unspecified atom stereocenters. The lowest BCUT2D eigenvalue weighted by atomic mass is 10.1. The van der Waals surface area contributed by atoms with Gasteiger partial charge < -0.3 is 11.1 Å². The normalized spacial score (nSPS) is 13.3. The fourth-order valence-electron chi connectivity index (χ4n) is 4.10. The van der Waals surface area contributed by atoms with Gasteiger partial charge in [-0.25, -0.2) is 10.4 Å². The second-order valence-electron chi connectivity index (χ2n) is 8.57. The number of carbonyl (C=O) groups is 3. The van der Waals surface area contributed by atoms with E-state index in [2.05, 4.69) is 25.9 Å². The van der Waals surface area contributed by atoms with Crippen LogP contribution in [-0.4, -0.2) is 43.1 Å². The Morgan fingerprint density at radius 1 is 1.10 bits per heavy atom. The maximum atomic E-state index is 13.1. The number of nitrogens with one attached hydrogen (secondary N) is 2. The molecule has 13 nitrogen and oxygen atoms in total. The third-order valence-electron chi connectivity index (χ3n) is 6.12. The Kier molecular flexibility index (Phi) is 5.85. The molecule has 0 aliphatic carbocycles. The standard InChI is InChI=1S/C26H16N8O5S/c27-22-17(23(35)32-31-21-16-11-15(34(38)39)9-10-18(16)29-24(21)36)12-28-33(22)26(37)14-7-5-13(6-8-14)25-30-19-3-1-2-4-20(19)40-25/h1-12H,27H2,(H,32,35)(H,29,31,36). The Hall–Kier alpha value is -5.76. The number of thiazole rings is 1. The molecule has 2 aromatic heterocycles. The Bertz CT molecular complexity index is 1880.